The molecule has 3 rings (SSSR count). The zero-order valence-electron chi connectivity index (χ0n) is 10.4. The molecule has 1 aliphatic heterocycles. The third kappa shape index (κ3) is 2.00. The van der Waals surface area contributed by atoms with E-state index in [-0.39, 0.29) is 10.8 Å². The van der Waals surface area contributed by atoms with Gasteiger partial charge in [-0.25, -0.2) is 13.2 Å². The first-order valence-corrected chi connectivity index (χ1v) is 7.89. The van der Waals surface area contributed by atoms with Crippen LogP contribution in [0.1, 0.15) is 35.2 Å². The van der Waals surface area contributed by atoms with Gasteiger partial charge in [-0.05, 0) is 43.4 Å². The quantitative estimate of drug-likeness (QED) is 0.913. The minimum Gasteiger partial charge on any atom is -0.478 e. The van der Waals surface area contributed by atoms with Gasteiger partial charge in [-0.2, -0.15) is 0 Å². The summed E-state index contributed by atoms with van der Waals surface area (Å²) in [6, 6.07) is 4.86. The van der Waals surface area contributed by atoms with Gasteiger partial charge in [-0.1, -0.05) is 6.07 Å². The molecule has 102 valence electrons. The molecule has 1 heterocycles. The van der Waals surface area contributed by atoms with E-state index in [0.29, 0.717) is 43.5 Å². The number of hydrogen-bond donors (Lipinski definition) is 1. The van der Waals surface area contributed by atoms with Crippen LogP contribution in [-0.2, 0) is 16.4 Å². The fourth-order valence-corrected chi connectivity index (χ4v) is 4.52. The fraction of sp³-hybridized carbons (Fsp3) is 0.462. The van der Waals surface area contributed by atoms with Crippen LogP contribution in [0, 0.1) is 0 Å². The van der Waals surface area contributed by atoms with Crippen LogP contribution < -0.4 is 4.31 Å². The molecule has 6 heteroatoms. The van der Waals surface area contributed by atoms with E-state index in [9.17, 15) is 18.3 Å². The van der Waals surface area contributed by atoms with Crippen LogP contribution in [0.5, 0.6) is 0 Å². The first kappa shape index (κ1) is 12.5. The normalized spacial score (nSPS) is 19.1. The number of fused-ring (bicyclic) bond motifs is 1. The summed E-state index contributed by atoms with van der Waals surface area (Å²) in [6.45, 7) is 0.453. The molecule has 2 aliphatic rings. The summed E-state index contributed by atoms with van der Waals surface area (Å²) in [5.74, 6) is -0.998. The smallest absolute Gasteiger partial charge is 0.336 e. The zero-order chi connectivity index (χ0) is 13.6. The van der Waals surface area contributed by atoms with Crippen molar-refractivity contribution in [3.05, 3.63) is 29.3 Å². The molecule has 0 spiro atoms. The average molecular weight is 281 g/mol. The molecule has 0 unspecified atom stereocenters. The first-order chi connectivity index (χ1) is 9.01. The van der Waals surface area contributed by atoms with Crippen molar-refractivity contribution in [2.75, 3.05) is 10.8 Å². The standard InChI is InChI=1S/C13H15NO4S/c15-13(16)11-3-1-5-12-10(11)4-2-8-14(12)19(17,18)9-6-7-9/h1,3,5,9H,2,4,6-8H2,(H,15,16). The monoisotopic (exact) mass is 281 g/mol. The van der Waals surface area contributed by atoms with Crippen molar-refractivity contribution in [2.45, 2.75) is 30.9 Å². The van der Waals surface area contributed by atoms with E-state index in [1.54, 1.807) is 12.1 Å². The molecule has 5 nitrogen and oxygen atoms in total. The molecular formula is C13H15NO4S. The second-order valence-corrected chi connectivity index (χ2v) is 7.17. The van der Waals surface area contributed by atoms with Crippen LogP contribution in [0.25, 0.3) is 0 Å². The van der Waals surface area contributed by atoms with Crippen molar-refractivity contribution in [1.82, 2.24) is 0 Å². The molecule has 1 saturated carbocycles. The fourth-order valence-electron chi connectivity index (χ4n) is 2.60. The average Bonchev–Trinajstić information content (AvgIpc) is 3.21. The second kappa shape index (κ2) is 4.23. The van der Waals surface area contributed by atoms with Crippen molar-refractivity contribution in [2.24, 2.45) is 0 Å². The Hall–Kier alpha value is -1.56. The van der Waals surface area contributed by atoms with E-state index >= 15 is 0 Å². The van der Waals surface area contributed by atoms with Crippen LogP contribution in [0.4, 0.5) is 5.69 Å². The summed E-state index contributed by atoms with van der Waals surface area (Å²) < 4.78 is 26.2. The highest BCUT2D eigenvalue weighted by Crippen LogP contribution is 2.38. The lowest BCUT2D eigenvalue weighted by molar-refractivity contribution is 0.0695. The maximum absolute atomic E-state index is 12.4. The Morgan fingerprint density at radius 1 is 1.32 bits per heavy atom. The Kier molecular flexibility index (Phi) is 2.78. The highest BCUT2D eigenvalue weighted by Gasteiger charge is 2.41. The molecule has 0 saturated heterocycles. The van der Waals surface area contributed by atoms with E-state index in [1.807, 2.05) is 0 Å². The van der Waals surface area contributed by atoms with Crippen LogP contribution >= 0.6 is 0 Å². The van der Waals surface area contributed by atoms with Gasteiger partial charge in [-0.3, -0.25) is 4.31 Å². The summed E-state index contributed by atoms with van der Waals surface area (Å²) in [5, 5.41) is 8.91. The van der Waals surface area contributed by atoms with Gasteiger partial charge in [0.2, 0.25) is 10.0 Å². The van der Waals surface area contributed by atoms with Gasteiger partial charge in [-0.15, -0.1) is 0 Å². The number of carboxylic acid groups (broad SMARTS) is 1. The van der Waals surface area contributed by atoms with E-state index in [4.69, 9.17) is 0 Å². The lowest BCUT2D eigenvalue weighted by Gasteiger charge is -2.31. The van der Waals surface area contributed by atoms with E-state index < -0.39 is 16.0 Å². The topological polar surface area (TPSA) is 74.7 Å². The SMILES string of the molecule is O=C(O)c1cccc2c1CCCN2S(=O)(=O)C1CC1. The Morgan fingerprint density at radius 3 is 2.68 bits per heavy atom. The van der Waals surface area contributed by atoms with Gasteiger partial charge in [0, 0.05) is 6.54 Å². The van der Waals surface area contributed by atoms with Gasteiger partial charge in [0.05, 0.1) is 16.5 Å². The number of hydrogen-bond acceptors (Lipinski definition) is 3. The second-order valence-electron chi connectivity index (χ2n) is 5.03. The molecule has 1 aliphatic carbocycles. The molecule has 1 fully saturated rings. The Labute approximate surface area is 111 Å². The summed E-state index contributed by atoms with van der Waals surface area (Å²) in [5.41, 5.74) is 1.41. The molecule has 1 aromatic rings. The third-order valence-electron chi connectivity index (χ3n) is 3.69. The lowest BCUT2D eigenvalue weighted by atomic mass is 9.98. The number of anilines is 1. The van der Waals surface area contributed by atoms with Crippen LogP contribution in [0.3, 0.4) is 0 Å². The van der Waals surface area contributed by atoms with Crippen molar-refractivity contribution in [3.8, 4) is 0 Å². The number of carbonyl (C=O) groups is 1. The molecule has 0 atom stereocenters. The third-order valence-corrected chi connectivity index (χ3v) is 6.00. The predicted octanol–water partition coefficient (Wildman–Crippen LogP) is 1.63. The molecule has 0 bridgehead atoms. The number of carboxylic acids is 1. The maximum Gasteiger partial charge on any atom is 0.336 e. The summed E-state index contributed by atoms with van der Waals surface area (Å²) in [4.78, 5) is 11.2. The van der Waals surface area contributed by atoms with Crippen molar-refractivity contribution < 1.29 is 18.3 Å². The molecule has 0 radical (unpaired) electrons. The Morgan fingerprint density at radius 2 is 2.05 bits per heavy atom. The van der Waals surface area contributed by atoms with E-state index in [2.05, 4.69) is 0 Å². The van der Waals surface area contributed by atoms with Crippen LogP contribution in [-0.4, -0.2) is 31.3 Å². The maximum atomic E-state index is 12.4. The molecule has 0 aromatic heterocycles. The van der Waals surface area contributed by atoms with Crippen LogP contribution in [0.15, 0.2) is 18.2 Å². The van der Waals surface area contributed by atoms with Gasteiger partial charge in [0.15, 0.2) is 0 Å². The highest BCUT2D eigenvalue weighted by atomic mass is 32.2. The largest absolute Gasteiger partial charge is 0.478 e. The zero-order valence-corrected chi connectivity index (χ0v) is 11.2. The van der Waals surface area contributed by atoms with Crippen LogP contribution in [0.2, 0.25) is 0 Å². The van der Waals surface area contributed by atoms with Gasteiger partial charge in [0.1, 0.15) is 0 Å². The predicted molar refractivity (Wildman–Crippen MR) is 71.0 cm³/mol. The lowest BCUT2D eigenvalue weighted by Crippen LogP contribution is -2.38. The molecule has 1 N–H and O–H groups in total. The minimum absolute atomic E-state index is 0.216. The van der Waals surface area contributed by atoms with Crippen molar-refractivity contribution in [3.63, 3.8) is 0 Å². The van der Waals surface area contributed by atoms with Gasteiger partial charge < -0.3 is 5.11 Å². The minimum atomic E-state index is -3.30. The van der Waals surface area contributed by atoms with Gasteiger partial charge in [0.25, 0.3) is 0 Å². The number of nitrogens with zero attached hydrogens (tertiary/aromatic N) is 1. The van der Waals surface area contributed by atoms with Crippen molar-refractivity contribution >= 4 is 21.7 Å². The van der Waals surface area contributed by atoms with E-state index in [1.165, 1.54) is 10.4 Å². The summed E-state index contributed by atoms with van der Waals surface area (Å²) in [7, 11) is -3.30. The Bertz CT molecular complexity index is 634. The molecule has 0 amide bonds. The number of rotatable bonds is 3. The molecule has 1 aromatic carbocycles. The molecule has 19 heavy (non-hydrogen) atoms. The first-order valence-electron chi connectivity index (χ1n) is 6.38. The Balaban J connectivity index is 2.10. The van der Waals surface area contributed by atoms with Gasteiger partial charge >= 0.3 is 5.97 Å². The van der Waals surface area contributed by atoms with E-state index in [0.717, 1.165) is 0 Å². The number of sulfonamides is 1. The summed E-state index contributed by atoms with van der Waals surface area (Å²) >= 11 is 0. The highest BCUT2D eigenvalue weighted by molar-refractivity contribution is 7.93. The summed E-state index contributed by atoms with van der Waals surface area (Å²) in [6.07, 6.45) is 2.72. The molecular weight excluding hydrogens is 266 g/mol. The number of benzene rings is 1. The van der Waals surface area contributed by atoms with Crippen molar-refractivity contribution in [1.29, 1.82) is 0 Å². The number of aromatic carboxylic acids is 1.